The Balaban J connectivity index is 0.000000149. The van der Waals surface area contributed by atoms with Crippen molar-refractivity contribution >= 4 is 21.8 Å². The molecule has 13 heavy (non-hydrogen) atoms. The van der Waals surface area contributed by atoms with E-state index in [1.165, 1.54) is 0 Å². The summed E-state index contributed by atoms with van der Waals surface area (Å²) in [6, 6.07) is 0. The van der Waals surface area contributed by atoms with Gasteiger partial charge in [0.05, 0.1) is 0 Å². The molecule has 2 bridgehead atoms. The third-order valence-electron chi connectivity index (χ3n) is 1.98. The summed E-state index contributed by atoms with van der Waals surface area (Å²) in [6.07, 6.45) is 0. The lowest BCUT2D eigenvalue weighted by molar-refractivity contribution is -2.00. The molecule has 0 aromatic carbocycles. The molecule has 0 saturated carbocycles. The molecule has 3 rings (SSSR count). The number of fused-ring (bicyclic) bond motifs is 3. The molecule has 3 fully saturated rings. The van der Waals surface area contributed by atoms with Crippen molar-refractivity contribution in [2.75, 3.05) is 34.5 Å². The van der Waals surface area contributed by atoms with Crippen LogP contribution in [0.4, 0.5) is 0 Å². The van der Waals surface area contributed by atoms with Crippen LogP contribution in [0.1, 0.15) is 0 Å². The van der Waals surface area contributed by atoms with Crippen LogP contribution in [0.5, 0.6) is 0 Å². The molecule has 0 aliphatic carbocycles. The highest BCUT2D eigenvalue weighted by Gasteiger charge is 2.41. The summed E-state index contributed by atoms with van der Waals surface area (Å²) in [5, 5.41) is 0. The first-order valence-electron chi connectivity index (χ1n) is 3.85. The van der Waals surface area contributed by atoms with Gasteiger partial charge in [-0.25, -0.2) is 18.6 Å². The molecular formula is C6H12ClO4S2+. The molecule has 0 N–H and O–H groups in total. The van der Waals surface area contributed by atoms with Crippen molar-refractivity contribution in [1.29, 1.82) is 0 Å². The van der Waals surface area contributed by atoms with Gasteiger partial charge in [-0.1, -0.05) is 0 Å². The second kappa shape index (κ2) is 5.06. The molecule has 3 aliphatic heterocycles. The molecule has 0 spiro atoms. The topological polar surface area (TPSA) is 92.2 Å². The Labute approximate surface area is 85.4 Å². The smallest absolute Gasteiger partial charge is 0.152 e. The van der Waals surface area contributed by atoms with Gasteiger partial charge in [-0.15, -0.1) is 10.2 Å². The summed E-state index contributed by atoms with van der Waals surface area (Å²) < 4.78 is 34.0. The van der Waals surface area contributed by atoms with E-state index in [4.69, 9.17) is 18.6 Å². The van der Waals surface area contributed by atoms with E-state index in [9.17, 15) is 0 Å². The van der Waals surface area contributed by atoms with Crippen LogP contribution in [0.25, 0.3) is 0 Å². The molecule has 78 valence electrons. The third-order valence-corrected chi connectivity index (χ3v) is 7.45. The van der Waals surface area contributed by atoms with E-state index in [2.05, 4.69) is 0 Å². The Morgan fingerprint density at radius 1 is 0.615 bits per heavy atom. The molecule has 0 aromatic heterocycles. The summed E-state index contributed by atoms with van der Waals surface area (Å²) in [4.78, 5) is 0. The average molecular weight is 248 g/mol. The number of rotatable bonds is 0. The van der Waals surface area contributed by atoms with Gasteiger partial charge < -0.3 is 0 Å². The van der Waals surface area contributed by atoms with E-state index in [1.807, 2.05) is 0 Å². The monoisotopic (exact) mass is 247 g/mol. The minimum Gasteiger partial charge on any atom is -0.222 e. The fraction of sp³-hybridized carbons (Fsp3) is 1.00. The second-order valence-electron chi connectivity index (χ2n) is 2.83. The minimum atomic E-state index is -4.94. The molecule has 7 heteroatoms. The quantitative estimate of drug-likeness (QED) is 0.404. The average Bonchev–Trinajstić information content (AvgIpc) is 2.05. The Kier molecular flexibility index (Phi) is 4.64. The molecule has 4 nitrogen and oxygen atoms in total. The zero-order valence-corrected chi connectivity index (χ0v) is 9.46. The molecule has 3 aliphatic rings. The Hall–Kier alpha value is 0.830. The summed E-state index contributed by atoms with van der Waals surface area (Å²) in [6.45, 7) is 0. The van der Waals surface area contributed by atoms with E-state index >= 15 is 0 Å². The van der Waals surface area contributed by atoms with Gasteiger partial charge in [-0.2, -0.15) is 0 Å². The first-order valence-corrected chi connectivity index (χ1v) is 8.55. The van der Waals surface area contributed by atoms with Crippen molar-refractivity contribution in [2.24, 2.45) is 0 Å². The SMILES string of the molecule is C1C[S+]2CC[S+]1CC2.[O-][Cl+3]([O-])([O-])[O-]. The highest BCUT2D eigenvalue weighted by atomic mass is 35.7. The Morgan fingerprint density at radius 3 is 0.846 bits per heavy atom. The van der Waals surface area contributed by atoms with Crippen molar-refractivity contribution < 1.29 is 28.9 Å². The highest BCUT2D eigenvalue weighted by molar-refractivity contribution is 8.06. The molecule has 3 heterocycles. The summed E-state index contributed by atoms with van der Waals surface area (Å²) in [5.74, 6) is 9.60. The van der Waals surface area contributed by atoms with Crippen LogP contribution in [0.2, 0.25) is 0 Å². The first-order chi connectivity index (χ1) is 5.95. The van der Waals surface area contributed by atoms with Gasteiger partial charge in [-0.05, 0) is 0 Å². The Morgan fingerprint density at radius 2 is 0.769 bits per heavy atom. The largest absolute Gasteiger partial charge is 0.222 e. The van der Waals surface area contributed by atoms with Gasteiger partial charge >= 0.3 is 0 Å². The van der Waals surface area contributed by atoms with Crippen molar-refractivity contribution in [3.05, 3.63) is 0 Å². The van der Waals surface area contributed by atoms with Gasteiger partial charge in [-0.3, -0.25) is 0 Å². The fourth-order valence-electron chi connectivity index (χ4n) is 1.32. The standard InChI is InChI=1S/C6H12S2.ClHO4/c1-2-8-5-3-7(1)4-6-8;2-1(3,4)5/h1-6H2;(H,2,3,4,5)/q+2;/p-1. The van der Waals surface area contributed by atoms with Crippen LogP contribution < -0.4 is 18.6 Å². The third kappa shape index (κ3) is 6.01. The fourth-order valence-corrected chi connectivity index (χ4v) is 8.20. The van der Waals surface area contributed by atoms with E-state index in [1.54, 1.807) is 34.5 Å². The van der Waals surface area contributed by atoms with E-state index in [0.717, 1.165) is 21.8 Å². The van der Waals surface area contributed by atoms with Crippen LogP contribution in [0.3, 0.4) is 0 Å². The summed E-state index contributed by atoms with van der Waals surface area (Å²) in [5.41, 5.74) is 0. The van der Waals surface area contributed by atoms with E-state index in [-0.39, 0.29) is 0 Å². The molecule has 0 aromatic rings. The maximum absolute atomic E-state index is 8.49. The highest BCUT2D eigenvalue weighted by Crippen LogP contribution is 2.18. The molecule has 0 unspecified atom stereocenters. The van der Waals surface area contributed by atoms with Crippen LogP contribution >= 0.6 is 0 Å². The maximum atomic E-state index is 8.49. The van der Waals surface area contributed by atoms with E-state index in [0.29, 0.717) is 0 Å². The van der Waals surface area contributed by atoms with Gasteiger partial charge in [0.25, 0.3) is 0 Å². The van der Waals surface area contributed by atoms with Gasteiger partial charge in [0.15, 0.2) is 34.5 Å². The van der Waals surface area contributed by atoms with Crippen LogP contribution in [0.15, 0.2) is 0 Å². The predicted octanol–water partition coefficient (Wildman–Crippen LogP) is -4.51. The lowest BCUT2D eigenvalue weighted by atomic mass is 10.9. The normalized spacial score (nSPS) is 32.3. The number of halogens is 1. The van der Waals surface area contributed by atoms with Gasteiger partial charge in [0.1, 0.15) is 0 Å². The van der Waals surface area contributed by atoms with Crippen LogP contribution in [-0.4, -0.2) is 34.5 Å². The number of hydrogen-bond donors (Lipinski definition) is 0. The second-order valence-corrected chi connectivity index (χ2v) is 8.48. The van der Waals surface area contributed by atoms with Gasteiger partial charge in [0.2, 0.25) is 0 Å². The molecular weight excluding hydrogens is 236 g/mol. The van der Waals surface area contributed by atoms with E-state index < -0.39 is 10.2 Å². The lowest BCUT2D eigenvalue weighted by Gasteiger charge is -2.20. The van der Waals surface area contributed by atoms with Crippen LogP contribution in [-0.2, 0) is 21.8 Å². The zero-order valence-electron chi connectivity index (χ0n) is 7.07. The summed E-state index contributed by atoms with van der Waals surface area (Å²) >= 11 is 0. The van der Waals surface area contributed by atoms with Crippen LogP contribution in [0, 0.1) is 10.2 Å². The lowest BCUT2D eigenvalue weighted by Crippen LogP contribution is -2.68. The number of hydrogen-bond acceptors (Lipinski definition) is 4. The van der Waals surface area contributed by atoms with Crippen molar-refractivity contribution in [1.82, 2.24) is 0 Å². The molecule has 0 atom stereocenters. The van der Waals surface area contributed by atoms with Crippen molar-refractivity contribution in [2.45, 2.75) is 0 Å². The first kappa shape index (κ1) is 11.9. The molecule has 0 radical (unpaired) electrons. The zero-order chi connectivity index (χ0) is 9.90. The minimum absolute atomic E-state index is 0.921. The predicted molar refractivity (Wildman–Crippen MR) is 43.9 cm³/mol. The molecule has 0 amide bonds. The summed E-state index contributed by atoms with van der Waals surface area (Å²) in [7, 11) is -3.10. The van der Waals surface area contributed by atoms with Crippen molar-refractivity contribution in [3.8, 4) is 0 Å². The Bertz CT molecular complexity index is 126. The molecule has 3 saturated heterocycles. The van der Waals surface area contributed by atoms with Gasteiger partial charge in [0, 0.05) is 21.8 Å². The maximum Gasteiger partial charge on any atom is 0.152 e. The van der Waals surface area contributed by atoms with Crippen molar-refractivity contribution in [3.63, 3.8) is 0 Å².